The van der Waals surface area contributed by atoms with Crippen molar-refractivity contribution in [2.75, 3.05) is 19.0 Å². The van der Waals surface area contributed by atoms with Crippen molar-refractivity contribution in [2.24, 2.45) is 0 Å². The van der Waals surface area contributed by atoms with Crippen LogP contribution < -0.4 is 10.2 Å². The van der Waals surface area contributed by atoms with Gasteiger partial charge in [0.15, 0.2) is 0 Å². The van der Waals surface area contributed by atoms with Gasteiger partial charge in [0, 0.05) is 38.9 Å². The van der Waals surface area contributed by atoms with Gasteiger partial charge in [-0.2, -0.15) is 0 Å². The third-order valence-corrected chi connectivity index (χ3v) is 3.73. The normalized spacial score (nSPS) is 11.6. The lowest BCUT2D eigenvalue weighted by atomic mass is 10.00. The van der Waals surface area contributed by atoms with Gasteiger partial charge in [-0.05, 0) is 17.2 Å². The van der Waals surface area contributed by atoms with Crippen LogP contribution in [-0.2, 0) is 0 Å². The topological polar surface area (TPSA) is 71.0 Å². The maximum atomic E-state index is 12.7. The van der Waals surface area contributed by atoms with E-state index in [-0.39, 0.29) is 11.9 Å². The minimum Gasteiger partial charge on any atom is -0.347 e. The first kappa shape index (κ1) is 16.6. The zero-order valence-corrected chi connectivity index (χ0v) is 14.1. The van der Waals surface area contributed by atoms with E-state index >= 15 is 0 Å². The van der Waals surface area contributed by atoms with Gasteiger partial charge in [-0.25, -0.2) is 9.97 Å². The summed E-state index contributed by atoms with van der Waals surface area (Å²) in [6.07, 6.45) is 6.52. The Hall–Kier alpha value is -3.28. The van der Waals surface area contributed by atoms with Gasteiger partial charge < -0.3 is 10.2 Å². The fourth-order valence-corrected chi connectivity index (χ4v) is 2.44. The molecule has 6 heteroatoms. The molecule has 0 aliphatic carbocycles. The molecule has 0 spiro atoms. The summed E-state index contributed by atoms with van der Waals surface area (Å²) in [5, 5.41) is 3.04. The number of benzene rings is 1. The Bertz CT molecular complexity index is 780. The molecule has 126 valence electrons. The fourth-order valence-electron chi connectivity index (χ4n) is 2.44. The van der Waals surface area contributed by atoms with E-state index in [9.17, 15) is 4.79 Å². The Morgan fingerprint density at radius 3 is 2.24 bits per heavy atom. The Balaban J connectivity index is 1.86. The molecule has 1 atom stereocenters. The number of aromatic nitrogens is 3. The molecule has 0 saturated heterocycles. The molecule has 25 heavy (non-hydrogen) atoms. The number of hydrogen-bond acceptors (Lipinski definition) is 5. The van der Waals surface area contributed by atoms with E-state index in [4.69, 9.17) is 0 Å². The zero-order chi connectivity index (χ0) is 17.6. The lowest BCUT2D eigenvalue weighted by Gasteiger charge is -2.19. The smallest absolute Gasteiger partial charge is 0.255 e. The monoisotopic (exact) mass is 333 g/mol. The van der Waals surface area contributed by atoms with Crippen LogP contribution in [0.25, 0.3) is 0 Å². The van der Waals surface area contributed by atoms with Crippen LogP contribution in [0.3, 0.4) is 0 Å². The van der Waals surface area contributed by atoms with E-state index < -0.39 is 0 Å². The molecule has 1 aromatic carbocycles. The molecular weight excluding hydrogens is 314 g/mol. The van der Waals surface area contributed by atoms with Crippen LogP contribution in [0, 0.1) is 0 Å². The van der Waals surface area contributed by atoms with Gasteiger partial charge >= 0.3 is 0 Å². The average Bonchev–Trinajstić information content (AvgIpc) is 2.67. The summed E-state index contributed by atoms with van der Waals surface area (Å²) in [5.74, 6) is 0.325. The fraction of sp³-hybridized carbons (Fsp3) is 0.158. The van der Waals surface area contributed by atoms with Gasteiger partial charge in [0.2, 0.25) is 5.95 Å². The van der Waals surface area contributed by atoms with Gasteiger partial charge in [0.05, 0.1) is 11.6 Å². The van der Waals surface area contributed by atoms with Crippen molar-refractivity contribution in [1.82, 2.24) is 20.3 Å². The van der Waals surface area contributed by atoms with Crippen LogP contribution in [0.2, 0.25) is 0 Å². The highest BCUT2D eigenvalue weighted by Gasteiger charge is 2.18. The van der Waals surface area contributed by atoms with Crippen molar-refractivity contribution in [2.45, 2.75) is 6.04 Å². The largest absolute Gasteiger partial charge is 0.347 e. The van der Waals surface area contributed by atoms with Gasteiger partial charge in [-0.1, -0.05) is 36.4 Å². The standard InChI is InChI=1S/C19H19N5O/c1-24(2)19-21-12-16(13-22-19)18(25)23-17(14-7-4-3-5-8-14)15-9-6-10-20-11-15/h3-13,17H,1-2H3,(H,23,25)/t17-/m0/s1. The Kier molecular flexibility index (Phi) is 4.99. The summed E-state index contributed by atoms with van der Waals surface area (Å²) < 4.78 is 0. The highest BCUT2D eigenvalue weighted by atomic mass is 16.1. The molecule has 3 aromatic rings. The molecule has 0 aliphatic rings. The van der Waals surface area contributed by atoms with E-state index in [0.29, 0.717) is 11.5 Å². The number of nitrogens with zero attached hydrogens (tertiary/aromatic N) is 4. The summed E-state index contributed by atoms with van der Waals surface area (Å²) in [4.78, 5) is 27.0. The molecule has 0 radical (unpaired) electrons. The number of anilines is 1. The lowest BCUT2D eigenvalue weighted by molar-refractivity contribution is 0.0942. The van der Waals surface area contributed by atoms with Crippen molar-refractivity contribution in [3.8, 4) is 0 Å². The molecule has 0 aliphatic heterocycles. The quantitative estimate of drug-likeness (QED) is 0.776. The minimum absolute atomic E-state index is 0.233. The second kappa shape index (κ2) is 7.53. The highest BCUT2D eigenvalue weighted by Crippen LogP contribution is 2.21. The second-order valence-corrected chi connectivity index (χ2v) is 5.77. The van der Waals surface area contributed by atoms with Crippen LogP contribution in [0.4, 0.5) is 5.95 Å². The maximum absolute atomic E-state index is 12.7. The van der Waals surface area contributed by atoms with Crippen molar-refractivity contribution >= 4 is 11.9 Å². The highest BCUT2D eigenvalue weighted by molar-refractivity contribution is 5.94. The number of pyridine rings is 1. The van der Waals surface area contributed by atoms with Gasteiger partial charge in [0.25, 0.3) is 5.91 Å². The number of rotatable bonds is 5. The minimum atomic E-state index is -0.295. The SMILES string of the molecule is CN(C)c1ncc(C(=O)N[C@@H](c2ccccc2)c2cccnc2)cn1. The molecule has 0 saturated carbocycles. The zero-order valence-electron chi connectivity index (χ0n) is 14.1. The second-order valence-electron chi connectivity index (χ2n) is 5.77. The first-order valence-electron chi connectivity index (χ1n) is 7.90. The lowest BCUT2D eigenvalue weighted by Crippen LogP contribution is -2.29. The van der Waals surface area contributed by atoms with E-state index in [1.165, 1.54) is 12.4 Å². The van der Waals surface area contributed by atoms with Crippen molar-refractivity contribution in [3.63, 3.8) is 0 Å². The molecular formula is C19H19N5O. The maximum Gasteiger partial charge on any atom is 0.255 e. The van der Waals surface area contributed by atoms with E-state index in [1.807, 2.05) is 56.6 Å². The summed E-state index contributed by atoms with van der Waals surface area (Å²) in [5.41, 5.74) is 2.30. The Morgan fingerprint density at radius 1 is 0.960 bits per heavy atom. The van der Waals surface area contributed by atoms with Gasteiger partial charge in [0.1, 0.15) is 0 Å². The van der Waals surface area contributed by atoms with Crippen LogP contribution in [0.15, 0.2) is 67.3 Å². The Labute approximate surface area is 146 Å². The van der Waals surface area contributed by atoms with E-state index in [2.05, 4.69) is 20.3 Å². The number of carbonyl (C=O) groups excluding carboxylic acids is 1. The number of nitrogens with one attached hydrogen (secondary N) is 1. The van der Waals surface area contributed by atoms with Crippen LogP contribution in [0.1, 0.15) is 27.5 Å². The van der Waals surface area contributed by atoms with Crippen molar-refractivity contribution < 1.29 is 4.79 Å². The summed E-state index contributed by atoms with van der Waals surface area (Å²) in [7, 11) is 3.70. The van der Waals surface area contributed by atoms with Crippen molar-refractivity contribution in [3.05, 3.63) is 83.9 Å². The van der Waals surface area contributed by atoms with Gasteiger partial charge in [-0.15, -0.1) is 0 Å². The molecule has 0 bridgehead atoms. The molecule has 2 aromatic heterocycles. The number of carbonyl (C=O) groups is 1. The predicted octanol–water partition coefficient (Wildman–Crippen LogP) is 2.46. The van der Waals surface area contributed by atoms with Gasteiger partial charge in [-0.3, -0.25) is 9.78 Å². The van der Waals surface area contributed by atoms with Crippen LogP contribution >= 0.6 is 0 Å². The molecule has 0 unspecified atom stereocenters. The van der Waals surface area contributed by atoms with E-state index in [0.717, 1.165) is 11.1 Å². The average molecular weight is 333 g/mol. The van der Waals surface area contributed by atoms with Crippen LogP contribution in [0.5, 0.6) is 0 Å². The third-order valence-electron chi connectivity index (χ3n) is 3.73. The number of amides is 1. The summed E-state index contributed by atoms with van der Waals surface area (Å²) in [6.45, 7) is 0. The molecule has 3 rings (SSSR count). The summed E-state index contributed by atoms with van der Waals surface area (Å²) >= 11 is 0. The Morgan fingerprint density at radius 2 is 1.64 bits per heavy atom. The molecule has 1 amide bonds. The third kappa shape index (κ3) is 3.98. The summed E-state index contributed by atoms with van der Waals surface area (Å²) in [6, 6.07) is 13.3. The number of hydrogen-bond donors (Lipinski definition) is 1. The molecule has 6 nitrogen and oxygen atoms in total. The first-order chi connectivity index (χ1) is 12.1. The first-order valence-corrected chi connectivity index (χ1v) is 7.90. The van der Waals surface area contributed by atoms with Crippen molar-refractivity contribution in [1.29, 1.82) is 0 Å². The predicted molar refractivity (Wildman–Crippen MR) is 96.3 cm³/mol. The van der Waals surface area contributed by atoms with Crippen LogP contribution in [-0.4, -0.2) is 35.0 Å². The molecule has 2 heterocycles. The molecule has 0 fully saturated rings. The van der Waals surface area contributed by atoms with E-state index in [1.54, 1.807) is 17.3 Å². The molecule has 1 N–H and O–H groups in total.